The van der Waals surface area contributed by atoms with E-state index in [4.69, 9.17) is 5.11 Å². The van der Waals surface area contributed by atoms with Gasteiger partial charge in [-0.25, -0.2) is 4.39 Å². The molecule has 3 N–H and O–H groups in total. The summed E-state index contributed by atoms with van der Waals surface area (Å²) in [4.78, 5) is 34.3. The number of amides is 2. The standard InChI is InChI=1S/C22H21FN6O4/c1-12-3-4-17-15(22(12)14-6-18-13(5-16(14)23)7-26-28(18)2)8-27-29(17)11-20(31)24-9-19(30)25-10-21(32)33/h3-8H,9-11H2,1-2H3,(H,24,31)(H,25,30)(H,32,33). The van der Waals surface area contributed by atoms with Crippen molar-refractivity contribution in [2.45, 2.75) is 13.5 Å². The molecule has 4 rings (SSSR count). The van der Waals surface area contributed by atoms with Crippen LogP contribution < -0.4 is 10.6 Å². The van der Waals surface area contributed by atoms with Gasteiger partial charge in [0.05, 0.1) is 30.0 Å². The molecule has 0 aliphatic carbocycles. The molecule has 0 atom stereocenters. The maximum Gasteiger partial charge on any atom is 0.322 e. The van der Waals surface area contributed by atoms with Gasteiger partial charge in [-0.3, -0.25) is 23.7 Å². The second kappa shape index (κ2) is 8.69. The number of carbonyl (C=O) groups excluding carboxylic acids is 2. The Morgan fingerprint density at radius 1 is 1.03 bits per heavy atom. The van der Waals surface area contributed by atoms with E-state index in [-0.39, 0.29) is 18.9 Å². The summed E-state index contributed by atoms with van der Waals surface area (Å²) in [7, 11) is 1.79. The van der Waals surface area contributed by atoms with Crippen LogP contribution in [0.15, 0.2) is 36.7 Å². The number of aryl methyl sites for hydroxylation is 2. The van der Waals surface area contributed by atoms with Gasteiger partial charge in [0, 0.05) is 23.4 Å². The molecule has 0 radical (unpaired) electrons. The van der Waals surface area contributed by atoms with Crippen LogP contribution in [0.4, 0.5) is 4.39 Å². The molecule has 0 saturated carbocycles. The number of halogens is 1. The number of nitrogens with zero attached hydrogens (tertiary/aromatic N) is 4. The summed E-state index contributed by atoms with van der Waals surface area (Å²) in [5.74, 6) is -2.66. The van der Waals surface area contributed by atoms with Crippen LogP contribution in [0, 0.1) is 12.7 Å². The number of fused-ring (bicyclic) bond motifs is 2. The zero-order valence-corrected chi connectivity index (χ0v) is 17.9. The lowest BCUT2D eigenvalue weighted by Gasteiger charge is -2.11. The molecule has 2 aromatic heterocycles. The topological polar surface area (TPSA) is 131 Å². The summed E-state index contributed by atoms with van der Waals surface area (Å²) in [5.41, 5.74) is 3.35. The number of hydrogen-bond donors (Lipinski definition) is 3. The van der Waals surface area contributed by atoms with Gasteiger partial charge >= 0.3 is 5.97 Å². The molecular weight excluding hydrogens is 431 g/mol. The highest BCUT2D eigenvalue weighted by atomic mass is 19.1. The number of aliphatic carboxylic acids is 1. The van der Waals surface area contributed by atoms with E-state index in [9.17, 15) is 14.4 Å². The smallest absolute Gasteiger partial charge is 0.322 e. The van der Waals surface area contributed by atoms with Gasteiger partial charge in [-0.15, -0.1) is 0 Å². The Morgan fingerprint density at radius 3 is 2.55 bits per heavy atom. The fourth-order valence-corrected chi connectivity index (χ4v) is 3.72. The molecule has 0 saturated heterocycles. The lowest BCUT2D eigenvalue weighted by Crippen LogP contribution is -2.40. The quantitative estimate of drug-likeness (QED) is 0.388. The molecule has 0 bridgehead atoms. The van der Waals surface area contributed by atoms with E-state index in [2.05, 4.69) is 20.8 Å². The minimum absolute atomic E-state index is 0.165. The molecule has 0 aliphatic rings. The number of carboxylic acid groups (broad SMARTS) is 1. The first-order valence-electron chi connectivity index (χ1n) is 10.1. The molecule has 11 heteroatoms. The third-order valence-electron chi connectivity index (χ3n) is 5.32. The van der Waals surface area contributed by atoms with Crippen molar-refractivity contribution in [3.63, 3.8) is 0 Å². The van der Waals surface area contributed by atoms with Gasteiger partial charge in [0.1, 0.15) is 18.9 Å². The van der Waals surface area contributed by atoms with Crippen LogP contribution in [0.5, 0.6) is 0 Å². The van der Waals surface area contributed by atoms with E-state index in [0.717, 1.165) is 11.1 Å². The number of nitrogens with one attached hydrogen (secondary N) is 2. The Kier molecular flexibility index (Phi) is 5.78. The minimum atomic E-state index is -1.18. The van der Waals surface area contributed by atoms with E-state index >= 15 is 4.39 Å². The first-order valence-corrected chi connectivity index (χ1v) is 10.1. The van der Waals surface area contributed by atoms with Gasteiger partial charge in [0.15, 0.2) is 0 Å². The highest BCUT2D eigenvalue weighted by molar-refractivity contribution is 5.99. The number of benzene rings is 2. The summed E-state index contributed by atoms with van der Waals surface area (Å²) < 4.78 is 18.2. The summed E-state index contributed by atoms with van der Waals surface area (Å²) in [6, 6.07) is 6.83. The SMILES string of the molecule is Cc1ccc2c(cnn2CC(=O)NCC(=O)NCC(=O)O)c1-c1cc2c(cnn2C)cc1F. The molecule has 33 heavy (non-hydrogen) atoms. The molecule has 170 valence electrons. The van der Waals surface area contributed by atoms with Crippen LogP contribution in [0.3, 0.4) is 0 Å². The summed E-state index contributed by atoms with van der Waals surface area (Å²) >= 11 is 0. The Labute approximate surface area is 187 Å². The normalized spacial score (nSPS) is 11.1. The number of rotatable bonds is 7. The number of carboxylic acids is 1. The van der Waals surface area contributed by atoms with Crippen molar-refractivity contribution in [2.24, 2.45) is 7.05 Å². The number of aromatic nitrogens is 4. The van der Waals surface area contributed by atoms with Crippen molar-refractivity contribution in [3.05, 3.63) is 48.0 Å². The summed E-state index contributed by atoms with van der Waals surface area (Å²) in [6.45, 7) is 0.830. The van der Waals surface area contributed by atoms with E-state index in [1.54, 1.807) is 36.3 Å². The zero-order chi connectivity index (χ0) is 23.7. The second-order valence-electron chi connectivity index (χ2n) is 7.60. The minimum Gasteiger partial charge on any atom is -0.480 e. The van der Waals surface area contributed by atoms with Gasteiger partial charge < -0.3 is 15.7 Å². The summed E-state index contributed by atoms with van der Waals surface area (Å²) in [5, 5.41) is 23.0. The van der Waals surface area contributed by atoms with Gasteiger partial charge in [-0.2, -0.15) is 10.2 Å². The molecule has 10 nitrogen and oxygen atoms in total. The Hall–Kier alpha value is -4.28. The van der Waals surface area contributed by atoms with Crippen LogP contribution in [-0.4, -0.2) is 55.5 Å². The zero-order valence-electron chi connectivity index (χ0n) is 17.9. The molecule has 2 heterocycles. The predicted molar refractivity (Wildman–Crippen MR) is 118 cm³/mol. The van der Waals surface area contributed by atoms with Gasteiger partial charge in [0.2, 0.25) is 11.8 Å². The average Bonchev–Trinajstić information content (AvgIpc) is 3.33. The molecule has 0 unspecified atom stereocenters. The van der Waals surface area contributed by atoms with Crippen molar-refractivity contribution in [3.8, 4) is 11.1 Å². The van der Waals surface area contributed by atoms with Crippen LogP contribution >= 0.6 is 0 Å². The molecule has 2 aromatic carbocycles. The maximum absolute atomic E-state index is 15.0. The Morgan fingerprint density at radius 2 is 1.79 bits per heavy atom. The monoisotopic (exact) mass is 452 g/mol. The van der Waals surface area contributed by atoms with Crippen LogP contribution in [0.25, 0.3) is 32.9 Å². The third kappa shape index (κ3) is 4.38. The molecule has 0 spiro atoms. The highest BCUT2D eigenvalue weighted by Gasteiger charge is 2.18. The Balaban J connectivity index is 1.60. The fraction of sp³-hybridized carbons (Fsp3) is 0.227. The molecule has 2 amide bonds. The van der Waals surface area contributed by atoms with E-state index in [1.165, 1.54) is 10.7 Å². The van der Waals surface area contributed by atoms with E-state index < -0.39 is 24.3 Å². The van der Waals surface area contributed by atoms with Crippen LogP contribution in [0.1, 0.15) is 5.56 Å². The maximum atomic E-state index is 15.0. The van der Waals surface area contributed by atoms with Crippen molar-refractivity contribution < 1.29 is 23.9 Å². The largest absolute Gasteiger partial charge is 0.480 e. The van der Waals surface area contributed by atoms with Crippen molar-refractivity contribution in [2.75, 3.05) is 13.1 Å². The number of carbonyl (C=O) groups is 3. The van der Waals surface area contributed by atoms with Crippen molar-refractivity contribution in [1.82, 2.24) is 30.2 Å². The summed E-state index contributed by atoms with van der Waals surface area (Å²) in [6.07, 6.45) is 3.19. The molecular formula is C22H21FN6O4. The second-order valence-corrected chi connectivity index (χ2v) is 7.60. The average molecular weight is 452 g/mol. The molecule has 0 aliphatic heterocycles. The van der Waals surface area contributed by atoms with Gasteiger partial charge in [0.25, 0.3) is 0 Å². The van der Waals surface area contributed by atoms with Gasteiger partial charge in [-0.05, 0) is 36.2 Å². The van der Waals surface area contributed by atoms with E-state index in [1.807, 2.05) is 13.0 Å². The lowest BCUT2D eigenvalue weighted by atomic mass is 9.95. The highest BCUT2D eigenvalue weighted by Crippen LogP contribution is 2.35. The van der Waals surface area contributed by atoms with Crippen LogP contribution in [0.2, 0.25) is 0 Å². The first-order chi connectivity index (χ1) is 15.7. The lowest BCUT2D eigenvalue weighted by molar-refractivity contribution is -0.137. The fourth-order valence-electron chi connectivity index (χ4n) is 3.72. The Bertz CT molecular complexity index is 1410. The van der Waals surface area contributed by atoms with Crippen molar-refractivity contribution in [1.29, 1.82) is 0 Å². The first kappa shape index (κ1) is 21.9. The number of hydrogen-bond acceptors (Lipinski definition) is 5. The van der Waals surface area contributed by atoms with Gasteiger partial charge in [-0.1, -0.05) is 6.07 Å². The van der Waals surface area contributed by atoms with E-state index in [0.29, 0.717) is 27.4 Å². The molecule has 0 fully saturated rings. The third-order valence-corrected chi connectivity index (χ3v) is 5.32. The molecule has 4 aromatic rings. The van der Waals surface area contributed by atoms with Crippen molar-refractivity contribution >= 4 is 39.6 Å². The predicted octanol–water partition coefficient (Wildman–Crippen LogP) is 1.35. The van der Waals surface area contributed by atoms with Crippen LogP contribution in [-0.2, 0) is 28.0 Å².